The second-order valence-electron chi connectivity index (χ2n) is 4.01. The maximum atomic E-state index is 6.16. The summed E-state index contributed by atoms with van der Waals surface area (Å²) in [6.45, 7) is 0. The monoisotopic (exact) mass is 274 g/mol. The summed E-state index contributed by atoms with van der Waals surface area (Å²) < 4.78 is 0. The summed E-state index contributed by atoms with van der Waals surface area (Å²) in [5.41, 5.74) is 7.49. The fraction of sp³-hybridized carbons (Fsp3) is 0. The van der Waals surface area contributed by atoms with E-state index in [0.29, 0.717) is 10.7 Å². The molecule has 1 heterocycles. The van der Waals surface area contributed by atoms with E-state index in [1.807, 2.05) is 24.3 Å². The van der Waals surface area contributed by atoms with Crippen LogP contribution in [0.15, 0.2) is 58.5 Å². The molecule has 0 saturated heterocycles. The van der Waals surface area contributed by atoms with E-state index in [2.05, 4.69) is 23.2 Å². The van der Waals surface area contributed by atoms with Crippen LogP contribution in [0, 0.1) is 0 Å². The van der Waals surface area contributed by atoms with Crippen LogP contribution in [0.3, 0.4) is 0 Å². The van der Waals surface area contributed by atoms with Gasteiger partial charge in [0.15, 0.2) is 0 Å². The van der Waals surface area contributed by atoms with Crippen molar-refractivity contribution in [2.45, 2.75) is 9.92 Å². The number of aromatic amines is 1. The predicted molar refractivity (Wildman–Crippen MR) is 78.3 cm³/mol. The number of halogens is 1. The number of anilines is 1. The summed E-state index contributed by atoms with van der Waals surface area (Å²) in [4.78, 5) is 4.36. The molecule has 0 aliphatic rings. The van der Waals surface area contributed by atoms with Crippen LogP contribution in [0.5, 0.6) is 0 Å². The number of nitrogen functional groups attached to an aromatic ring is 1. The molecule has 18 heavy (non-hydrogen) atoms. The Kier molecular flexibility index (Phi) is 2.94. The van der Waals surface area contributed by atoms with Crippen molar-refractivity contribution < 1.29 is 0 Å². The van der Waals surface area contributed by atoms with E-state index in [0.717, 1.165) is 15.4 Å². The summed E-state index contributed by atoms with van der Waals surface area (Å²) in [7, 11) is 0. The van der Waals surface area contributed by atoms with Crippen LogP contribution in [0.1, 0.15) is 0 Å². The largest absolute Gasteiger partial charge is 0.399 e. The van der Waals surface area contributed by atoms with Crippen LogP contribution in [-0.2, 0) is 0 Å². The molecule has 0 aliphatic heterocycles. The number of hydrogen-bond acceptors (Lipinski definition) is 2. The Hall–Kier alpha value is -1.58. The van der Waals surface area contributed by atoms with Gasteiger partial charge in [-0.25, -0.2) is 0 Å². The lowest BCUT2D eigenvalue weighted by Gasteiger charge is -2.02. The Labute approximate surface area is 114 Å². The zero-order valence-corrected chi connectivity index (χ0v) is 11.1. The minimum atomic E-state index is 0.679. The van der Waals surface area contributed by atoms with E-state index in [9.17, 15) is 0 Å². The van der Waals surface area contributed by atoms with Gasteiger partial charge in [0.1, 0.15) is 0 Å². The molecule has 0 saturated carbocycles. The third-order valence-electron chi connectivity index (χ3n) is 2.68. The SMILES string of the molecule is Nc1ccc(Sc2cc3ccccc3[nH]2)c(Cl)c1. The van der Waals surface area contributed by atoms with Gasteiger partial charge >= 0.3 is 0 Å². The van der Waals surface area contributed by atoms with Gasteiger partial charge in [0, 0.05) is 21.5 Å². The average molecular weight is 275 g/mol. The highest BCUT2D eigenvalue weighted by atomic mass is 35.5. The zero-order chi connectivity index (χ0) is 12.5. The summed E-state index contributed by atoms with van der Waals surface area (Å²) in [5.74, 6) is 0. The van der Waals surface area contributed by atoms with Crippen molar-refractivity contribution in [3.63, 3.8) is 0 Å². The number of fused-ring (bicyclic) bond motifs is 1. The lowest BCUT2D eigenvalue weighted by molar-refractivity contribution is 1.23. The lowest BCUT2D eigenvalue weighted by Crippen LogP contribution is -1.84. The third kappa shape index (κ3) is 2.19. The molecule has 1 aromatic heterocycles. The van der Waals surface area contributed by atoms with Gasteiger partial charge in [0.25, 0.3) is 0 Å². The van der Waals surface area contributed by atoms with Gasteiger partial charge in [0.2, 0.25) is 0 Å². The molecule has 3 N–H and O–H groups in total. The first-order chi connectivity index (χ1) is 8.72. The molecule has 0 radical (unpaired) electrons. The lowest BCUT2D eigenvalue weighted by atomic mass is 10.3. The molecule has 2 nitrogen and oxygen atoms in total. The number of hydrogen-bond donors (Lipinski definition) is 2. The molecule has 3 aromatic rings. The Bertz CT molecular complexity index is 673. The van der Waals surface area contributed by atoms with Gasteiger partial charge < -0.3 is 10.7 Å². The van der Waals surface area contributed by atoms with Crippen LogP contribution in [0.4, 0.5) is 5.69 Å². The van der Waals surface area contributed by atoms with Crippen molar-refractivity contribution in [3.8, 4) is 0 Å². The Morgan fingerprint density at radius 2 is 1.89 bits per heavy atom. The average Bonchev–Trinajstić information content (AvgIpc) is 2.75. The molecular formula is C14H11ClN2S. The number of para-hydroxylation sites is 1. The summed E-state index contributed by atoms with van der Waals surface area (Å²) >= 11 is 7.77. The van der Waals surface area contributed by atoms with Gasteiger partial charge in [-0.15, -0.1) is 0 Å². The number of nitrogens with one attached hydrogen (secondary N) is 1. The van der Waals surface area contributed by atoms with Crippen molar-refractivity contribution in [3.05, 3.63) is 53.6 Å². The molecule has 3 rings (SSSR count). The van der Waals surface area contributed by atoms with Gasteiger partial charge in [-0.2, -0.15) is 0 Å². The number of aromatic nitrogens is 1. The van der Waals surface area contributed by atoms with Crippen molar-refractivity contribution in [1.29, 1.82) is 0 Å². The first-order valence-electron chi connectivity index (χ1n) is 5.53. The zero-order valence-electron chi connectivity index (χ0n) is 9.48. The standard InChI is InChI=1S/C14H11ClN2S/c15-11-8-10(16)5-6-13(11)18-14-7-9-3-1-2-4-12(9)17-14/h1-8,17H,16H2. The second-order valence-corrected chi connectivity index (χ2v) is 5.50. The van der Waals surface area contributed by atoms with Gasteiger partial charge in [-0.1, -0.05) is 41.6 Å². The Balaban J connectivity index is 1.96. The molecule has 0 bridgehead atoms. The number of nitrogens with two attached hydrogens (primary N) is 1. The number of rotatable bonds is 2. The molecule has 2 aromatic carbocycles. The maximum absolute atomic E-state index is 6.16. The smallest absolute Gasteiger partial charge is 0.0781 e. The van der Waals surface area contributed by atoms with Crippen molar-refractivity contribution in [2.75, 3.05) is 5.73 Å². The molecule has 0 aliphatic carbocycles. The first-order valence-corrected chi connectivity index (χ1v) is 6.72. The number of H-pyrrole nitrogens is 1. The fourth-order valence-corrected chi connectivity index (χ4v) is 3.00. The summed E-state index contributed by atoms with van der Waals surface area (Å²) in [6, 6.07) is 15.9. The van der Waals surface area contributed by atoms with Crippen molar-refractivity contribution in [2.24, 2.45) is 0 Å². The molecular weight excluding hydrogens is 264 g/mol. The van der Waals surface area contributed by atoms with E-state index in [1.54, 1.807) is 17.8 Å². The predicted octanol–water partition coefficient (Wildman–Crippen LogP) is 4.55. The highest BCUT2D eigenvalue weighted by molar-refractivity contribution is 7.99. The van der Waals surface area contributed by atoms with Crippen LogP contribution >= 0.6 is 23.4 Å². The van der Waals surface area contributed by atoms with E-state index in [-0.39, 0.29) is 0 Å². The molecule has 90 valence electrons. The molecule has 0 spiro atoms. The molecule has 0 unspecified atom stereocenters. The first kappa shape index (κ1) is 11.5. The second kappa shape index (κ2) is 4.59. The molecule has 0 fully saturated rings. The van der Waals surface area contributed by atoms with Crippen molar-refractivity contribution >= 4 is 40.0 Å². The quantitative estimate of drug-likeness (QED) is 0.673. The van der Waals surface area contributed by atoms with Crippen LogP contribution in [0.25, 0.3) is 10.9 Å². The fourth-order valence-electron chi connectivity index (χ4n) is 1.82. The van der Waals surface area contributed by atoms with E-state index in [4.69, 9.17) is 17.3 Å². The Morgan fingerprint density at radius 1 is 1.06 bits per heavy atom. The van der Waals surface area contributed by atoms with Gasteiger partial charge in [0.05, 0.1) is 10.0 Å². The van der Waals surface area contributed by atoms with Crippen molar-refractivity contribution in [1.82, 2.24) is 4.98 Å². The summed E-state index contributed by atoms with van der Waals surface area (Å²) in [5, 5.41) is 2.95. The van der Waals surface area contributed by atoms with E-state index >= 15 is 0 Å². The Morgan fingerprint density at radius 3 is 2.67 bits per heavy atom. The molecule has 4 heteroatoms. The molecule has 0 atom stereocenters. The van der Waals surface area contributed by atoms with E-state index < -0.39 is 0 Å². The third-order valence-corrected chi connectivity index (χ3v) is 4.12. The van der Waals surface area contributed by atoms with Gasteiger partial charge in [-0.3, -0.25) is 0 Å². The van der Waals surface area contributed by atoms with Crippen LogP contribution in [-0.4, -0.2) is 4.98 Å². The topological polar surface area (TPSA) is 41.8 Å². The van der Waals surface area contributed by atoms with E-state index in [1.165, 1.54) is 5.39 Å². The minimum absolute atomic E-state index is 0.679. The summed E-state index contributed by atoms with van der Waals surface area (Å²) in [6.07, 6.45) is 0. The minimum Gasteiger partial charge on any atom is -0.399 e. The normalized spacial score (nSPS) is 10.9. The highest BCUT2D eigenvalue weighted by Crippen LogP contribution is 2.35. The highest BCUT2D eigenvalue weighted by Gasteiger charge is 2.06. The maximum Gasteiger partial charge on any atom is 0.0781 e. The van der Waals surface area contributed by atoms with Crippen LogP contribution < -0.4 is 5.73 Å². The molecule has 0 amide bonds. The van der Waals surface area contributed by atoms with Crippen LogP contribution in [0.2, 0.25) is 5.02 Å². The number of benzene rings is 2. The van der Waals surface area contributed by atoms with Gasteiger partial charge in [-0.05, 0) is 30.3 Å².